The first-order chi connectivity index (χ1) is 8.08. The van der Waals surface area contributed by atoms with Crippen LogP contribution in [0.15, 0.2) is 36.4 Å². The van der Waals surface area contributed by atoms with Gasteiger partial charge in [-0.2, -0.15) is 0 Å². The summed E-state index contributed by atoms with van der Waals surface area (Å²) in [5, 5.41) is 0. The van der Waals surface area contributed by atoms with E-state index in [2.05, 4.69) is 9.24 Å². The molecule has 0 radical (unpaired) electrons. The van der Waals surface area contributed by atoms with Crippen LogP contribution in [0, 0.1) is 0 Å². The molecule has 0 bridgehead atoms. The molecule has 1 unspecified atom stereocenters. The first kappa shape index (κ1) is 11.7. The van der Waals surface area contributed by atoms with Gasteiger partial charge in [-0.15, -0.1) is 0 Å². The molecule has 1 heterocycles. The van der Waals surface area contributed by atoms with Crippen molar-refractivity contribution in [1.29, 1.82) is 0 Å². The first-order valence-electron chi connectivity index (χ1n) is 5.01. The second-order valence-electron chi connectivity index (χ2n) is 3.65. The van der Waals surface area contributed by atoms with Gasteiger partial charge in [-0.25, -0.2) is 4.90 Å². The van der Waals surface area contributed by atoms with Crippen molar-refractivity contribution in [2.45, 2.75) is 6.42 Å². The number of rotatable bonds is 3. The van der Waals surface area contributed by atoms with Crippen LogP contribution < -0.4 is 4.90 Å². The van der Waals surface area contributed by atoms with Gasteiger partial charge in [0.15, 0.2) is 5.52 Å². The zero-order valence-corrected chi connectivity index (χ0v) is 10.1. The highest BCUT2D eigenvalue weighted by Gasteiger charge is 2.24. The van der Waals surface area contributed by atoms with E-state index in [1.54, 1.807) is 24.3 Å². The van der Waals surface area contributed by atoms with Gasteiger partial charge in [0.25, 0.3) is 11.8 Å². The number of anilines is 1. The van der Waals surface area contributed by atoms with Crippen LogP contribution in [0.25, 0.3) is 0 Å². The molecule has 0 aromatic heterocycles. The van der Waals surface area contributed by atoms with Gasteiger partial charge in [-0.05, 0) is 17.7 Å². The molecule has 0 saturated carbocycles. The fourth-order valence-corrected chi connectivity index (χ4v) is 1.85. The molecule has 0 aliphatic carbocycles. The van der Waals surface area contributed by atoms with E-state index in [9.17, 15) is 14.4 Å². The third kappa shape index (κ3) is 2.48. The Morgan fingerprint density at radius 2 is 1.59 bits per heavy atom. The zero-order valence-electron chi connectivity index (χ0n) is 8.92. The van der Waals surface area contributed by atoms with Gasteiger partial charge in [0.1, 0.15) is 0 Å². The lowest BCUT2D eigenvalue weighted by atomic mass is 10.1. The molecule has 86 valence electrons. The third-order valence-corrected chi connectivity index (χ3v) is 2.59. The van der Waals surface area contributed by atoms with Gasteiger partial charge < -0.3 is 0 Å². The molecular formula is C12H10NO3P. The number of imide groups is 1. The highest BCUT2D eigenvalue weighted by atomic mass is 31.0. The zero-order chi connectivity index (χ0) is 12.4. The fraction of sp³-hybridized carbons (Fsp3) is 0.0833. The van der Waals surface area contributed by atoms with Crippen LogP contribution in [-0.2, 0) is 20.8 Å². The summed E-state index contributed by atoms with van der Waals surface area (Å²) in [4.78, 5) is 34.8. The lowest BCUT2D eigenvalue weighted by Gasteiger charge is -2.13. The standard InChI is InChI=1S/C12H10NO3P/c14-10-5-6-11(15)13(10)9-3-1-8(2-4-9)7-12(16)17/h1-6H,7,17H2. The van der Waals surface area contributed by atoms with Crippen molar-refractivity contribution < 1.29 is 14.4 Å². The maximum atomic E-state index is 11.4. The molecule has 1 atom stereocenters. The highest BCUT2D eigenvalue weighted by Crippen LogP contribution is 2.19. The molecule has 1 aliphatic rings. The SMILES string of the molecule is O=C(P)Cc1ccc(N2C(=O)C=CC2=O)cc1. The number of hydrogen-bond donors (Lipinski definition) is 0. The number of carbonyl (C=O) groups is 3. The Kier molecular flexibility index (Phi) is 3.16. The lowest BCUT2D eigenvalue weighted by Crippen LogP contribution is -2.29. The molecule has 0 N–H and O–H groups in total. The summed E-state index contributed by atoms with van der Waals surface area (Å²) < 4.78 is 0. The maximum absolute atomic E-state index is 11.4. The summed E-state index contributed by atoms with van der Waals surface area (Å²) in [6.45, 7) is 0. The maximum Gasteiger partial charge on any atom is 0.258 e. The summed E-state index contributed by atoms with van der Waals surface area (Å²) in [6.07, 6.45) is 2.80. The molecule has 5 heteroatoms. The Morgan fingerprint density at radius 3 is 2.06 bits per heavy atom. The molecule has 0 saturated heterocycles. The van der Waals surface area contributed by atoms with E-state index in [0.717, 1.165) is 10.5 Å². The van der Waals surface area contributed by atoms with Crippen molar-refractivity contribution in [3.8, 4) is 0 Å². The predicted octanol–water partition coefficient (Wildman–Crippen LogP) is 1.06. The van der Waals surface area contributed by atoms with Crippen LogP contribution in [0.4, 0.5) is 5.69 Å². The third-order valence-electron chi connectivity index (χ3n) is 2.38. The van der Waals surface area contributed by atoms with Crippen LogP contribution in [0.5, 0.6) is 0 Å². The van der Waals surface area contributed by atoms with Crippen molar-refractivity contribution in [2.75, 3.05) is 4.90 Å². The van der Waals surface area contributed by atoms with E-state index in [4.69, 9.17) is 0 Å². The van der Waals surface area contributed by atoms with E-state index in [0.29, 0.717) is 12.1 Å². The minimum absolute atomic E-state index is 0.00672. The van der Waals surface area contributed by atoms with E-state index in [1.807, 2.05) is 0 Å². The van der Waals surface area contributed by atoms with Gasteiger partial charge in [-0.1, -0.05) is 21.4 Å². The summed E-state index contributed by atoms with van der Waals surface area (Å²) in [5.41, 5.74) is 1.36. The van der Waals surface area contributed by atoms with E-state index in [1.165, 1.54) is 12.2 Å². The molecule has 4 nitrogen and oxygen atoms in total. The molecule has 0 spiro atoms. The first-order valence-corrected chi connectivity index (χ1v) is 5.59. The summed E-state index contributed by atoms with van der Waals surface area (Å²) in [7, 11) is 2.11. The normalized spacial score (nSPS) is 14.5. The van der Waals surface area contributed by atoms with Gasteiger partial charge in [0.05, 0.1) is 5.69 Å². The number of benzene rings is 1. The second-order valence-corrected chi connectivity index (χ2v) is 4.30. The monoisotopic (exact) mass is 247 g/mol. The molecule has 2 rings (SSSR count). The van der Waals surface area contributed by atoms with Gasteiger partial charge in [0.2, 0.25) is 0 Å². The van der Waals surface area contributed by atoms with E-state index in [-0.39, 0.29) is 17.3 Å². The van der Waals surface area contributed by atoms with Crippen LogP contribution in [-0.4, -0.2) is 17.3 Å². The van der Waals surface area contributed by atoms with Crippen molar-refractivity contribution in [3.63, 3.8) is 0 Å². The molecule has 0 fully saturated rings. The number of carbonyl (C=O) groups excluding carboxylic acids is 3. The Bertz CT molecular complexity index is 501. The largest absolute Gasteiger partial charge is 0.295 e. The second kappa shape index (κ2) is 4.60. The smallest absolute Gasteiger partial charge is 0.258 e. The average molecular weight is 247 g/mol. The molecule has 17 heavy (non-hydrogen) atoms. The minimum Gasteiger partial charge on any atom is -0.295 e. The van der Waals surface area contributed by atoms with E-state index < -0.39 is 0 Å². The molecule has 1 aromatic carbocycles. The molecule has 1 aromatic rings. The van der Waals surface area contributed by atoms with Crippen molar-refractivity contribution >= 4 is 32.3 Å². The Hall–Kier alpha value is -1.80. The topological polar surface area (TPSA) is 54.5 Å². The summed E-state index contributed by atoms with van der Waals surface area (Å²) in [6, 6.07) is 6.78. The fourth-order valence-electron chi connectivity index (χ4n) is 1.62. The number of nitrogens with zero attached hydrogens (tertiary/aromatic N) is 1. The lowest BCUT2D eigenvalue weighted by molar-refractivity contribution is -0.120. The Morgan fingerprint density at radius 1 is 1.06 bits per heavy atom. The van der Waals surface area contributed by atoms with Crippen LogP contribution in [0.1, 0.15) is 5.56 Å². The van der Waals surface area contributed by atoms with Crippen molar-refractivity contribution in [3.05, 3.63) is 42.0 Å². The molecule has 2 amide bonds. The number of hydrogen-bond acceptors (Lipinski definition) is 3. The molecule has 1 aliphatic heterocycles. The molecular weight excluding hydrogens is 237 g/mol. The van der Waals surface area contributed by atoms with Gasteiger partial charge >= 0.3 is 0 Å². The van der Waals surface area contributed by atoms with Gasteiger partial charge in [-0.3, -0.25) is 14.4 Å². The summed E-state index contributed by atoms with van der Waals surface area (Å²) in [5.74, 6) is -0.685. The number of amides is 2. The quantitative estimate of drug-likeness (QED) is 0.592. The van der Waals surface area contributed by atoms with Crippen LogP contribution in [0.2, 0.25) is 0 Å². The summed E-state index contributed by atoms with van der Waals surface area (Å²) >= 11 is 0. The van der Waals surface area contributed by atoms with E-state index >= 15 is 0 Å². The Labute approximate surface area is 100 Å². The highest BCUT2D eigenvalue weighted by molar-refractivity contribution is 7.40. The van der Waals surface area contributed by atoms with Crippen LogP contribution in [0.3, 0.4) is 0 Å². The predicted molar refractivity (Wildman–Crippen MR) is 66.5 cm³/mol. The van der Waals surface area contributed by atoms with Crippen LogP contribution >= 0.6 is 9.24 Å². The van der Waals surface area contributed by atoms with Crippen molar-refractivity contribution in [1.82, 2.24) is 0 Å². The average Bonchev–Trinajstić information content (AvgIpc) is 2.59. The Balaban J connectivity index is 2.21. The van der Waals surface area contributed by atoms with Crippen molar-refractivity contribution in [2.24, 2.45) is 0 Å². The minimum atomic E-state index is -0.343. The van der Waals surface area contributed by atoms with Gasteiger partial charge in [0, 0.05) is 18.6 Å².